The molecule has 0 bridgehead atoms. The van der Waals surface area contributed by atoms with Crippen LogP contribution in [0.5, 0.6) is 0 Å². The summed E-state index contributed by atoms with van der Waals surface area (Å²) in [6.07, 6.45) is -2.18. The van der Waals surface area contributed by atoms with Crippen LogP contribution in [0.4, 0.5) is 4.79 Å². The van der Waals surface area contributed by atoms with Crippen molar-refractivity contribution in [2.75, 3.05) is 0 Å². The first-order chi connectivity index (χ1) is 15.0. The first-order valence-electron chi connectivity index (χ1n) is 9.92. The maximum Gasteiger partial charge on any atom is 0.408 e. The van der Waals surface area contributed by atoms with Crippen molar-refractivity contribution in [2.24, 2.45) is 0 Å². The minimum atomic E-state index is -1.76. The van der Waals surface area contributed by atoms with E-state index in [2.05, 4.69) is 5.32 Å². The number of benzene rings is 3. The van der Waals surface area contributed by atoms with Gasteiger partial charge in [-0.25, -0.2) is 9.59 Å². The van der Waals surface area contributed by atoms with Crippen molar-refractivity contribution < 1.29 is 24.2 Å². The number of hydrogen-bond acceptors (Lipinski definition) is 5. The lowest BCUT2D eigenvalue weighted by molar-refractivity contribution is -0.157. The predicted octanol–water partition coefficient (Wildman–Crippen LogP) is 4.15. The highest BCUT2D eigenvalue weighted by Crippen LogP contribution is 2.28. The quantitative estimate of drug-likeness (QED) is 0.536. The highest BCUT2D eigenvalue weighted by molar-refractivity contribution is 5.86. The van der Waals surface area contributed by atoms with E-state index >= 15 is 0 Å². The highest BCUT2D eigenvalue weighted by atomic mass is 16.6. The fourth-order valence-electron chi connectivity index (χ4n) is 3.04. The second-order valence-corrected chi connectivity index (χ2v) is 7.26. The Kier molecular flexibility index (Phi) is 7.40. The van der Waals surface area contributed by atoms with Crippen LogP contribution in [0.3, 0.4) is 0 Å². The maximum absolute atomic E-state index is 13.0. The monoisotopic (exact) mass is 419 g/mol. The molecule has 6 heteroatoms. The molecule has 0 fully saturated rings. The summed E-state index contributed by atoms with van der Waals surface area (Å²) in [6.45, 7) is 1.46. The van der Waals surface area contributed by atoms with Gasteiger partial charge in [0.15, 0.2) is 5.54 Å². The van der Waals surface area contributed by atoms with Gasteiger partial charge in [0.25, 0.3) is 0 Å². The zero-order valence-corrected chi connectivity index (χ0v) is 17.2. The van der Waals surface area contributed by atoms with Crippen molar-refractivity contribution in [3.05, 3.63) is 108 Å². The Hall–Kier alpha value is -3.64. The van der Waals surface area contributed by atoms with Crippen molar-refractivity contribution in [1.29, 1.82) is 0 Å². The largest absolute Gasteiger partial charge is 0.459 e. The number of aliphatic hydroxyl groups excluding tert-OH is 1. The Morgan fingerprint density at radius 2 is 1.26 bits per heavy atom. The molecule has 31 heavy (non-hydrogen) atoms. The number of hydrogen-bond donors (Lipinski definition) is 2. The van der Waals surface area contributed by atoms with Crippen LogP contribution >= 0.6 is 0 Å². The van der Waals surface area contributed by atoms with Crippen molar-refractivity contribution in [3.8, 4) is 0 Å². The molecule has 0 saturated heterocycles. The summed E-state index contributed by atoms with van der Waals surface area (Å²) in [5.41, 5.74) is 0.294. The van der Waals surface area contributed by atoms with Gasteiger partial charge < -0.3 is 19.9 Å². The molecule has 0 heterocycles. The standard InChI is InChI=1S/C25H25NO5/c1-25(22(27)21-15-9-4-10-16-21,23(28)30-17-19-11-5-2-6-12-19)26-24(29)31-18-20-13-7-3-8-14-20/h2-16,22,27H,17-18H2,1H3,(H,26,29)/t22-,25+/m1/s1. The molecule has 160 valence electrons. The number of amides is 1. The van der Waals surface area contributed by atoms with Crippen molar-refractivity contribution in [1.82, 2.24) is 5.32 Å². The van der Waals surface area contributed by atoms with Crippen LogP contribution in [0.2, 0.25) is 0 Å². The van der Waals surface area contributed by atoms with Crippen LogP contribution in [0, 0.1) is 0 Å². The zero-order valence-electron chi connectivity index (χ0n) is 17.2. The Balaban J connectivity index is 1.74. The van der Waals surface area contributed by atoms with Gasteiger partial charge in [-0.2, -0.15) is 0 Å². The Bertz CT molecular complexity index is 979. The second kappa shape index (κ2) is 10.4. The number of rotatable bonds is 8. The summed E-state index contributed by atoms with van der Waals surface area (Å²) >= 11 is 0. The molecule has 3 rings (SSSR count). The number of nitrogens with one attached hydrogen (secondary N) is 1. The highest BCUT2D eigenvalue weighted by Gasteiger charge is 2.45. The summed E-state index contributed by atoms with van der Waals surface area (Å²) in [5.74, 6) is -0.774. The molecule has 0 aliphatic heterocycles. The van der Waals surface area contributed by atoms with Gasteiger partial charge in [-0.05, 0) is 23.6 Å². The minimum Gasteiger partial charge on any atom is -0.459 e. The summed E-state index contributed by atoms with van der Waals surface area (Å²) in [7, 11) is 0. The lowest BCUT2D eigenvalue weighted by Gasteiger charge is -2.33. The molecule has 2 atom stereocenters. The molecule has 0 saturated carbocycles. The lowest BCUT2D eigenvalue weighted by atomic mass is 9.89. The zero-order chi connectivity index (χ0) is 22.1. The number of carbonyl (C=O) groups excluding carboxylic acids is 2. The number of carbonyl (C=O) groups is 2. The van der Waals surface area contributed by atoms with Crippen LogP contribution < -0.4 is 5.32 Å². The van der Waals surface area contributed by atoms with Gasteiger partial charge in [0.2, 0.25) is 0 Å². The average Bonchev–Trinajstić information content (AvgIpc) is 2.82. The normalized spacial score (nSPS) is 13.5. The van der Waals surface area contributed by atoms with E-state index in [1.165, 1.54) is 6.92 Å². The Morgan fingerprint density at radius 3 is 1.77 bits per heavy atom. The molecule has 0 aliphatic carbocycles. The molecule has 6 nitrogen and oxygen atoms in total. The van der Waals surface area contributed by atoms with E-state index in [1.807, 2.05) is 60.7 Å². The Morgan fingerprint density at radius 1 is 0.806 bits per heavy atom. The fourth-order valence-corrected chi connectivity index (χ4v) is 3.04. The van der Waals surface area contributed by atoms with E-state index in [0.29, 0.717) is 5.56 Å². The number of alkyl carbamates (subject to hydrolysis) is 1. The molecular formula is C25H25NO5. The van der Waals surface area contributed by atoms with E-state index in [0.717, 1.165) is 11.1 Å². The number of aliphatic hydroxyl groups is 1. The van der Waals surface area contributed by atoms with Gasteiger partial charge >= 0.3 is 12.1 Å². The van der Waals surface area contributed by atoms with Gasteiger partial charge in [0.1, 0.15) is 19.3 Å². The van der Waals surface area contributed by atoms with Crippen LogP contribution in [0.15, 0.2) is 91.0 Å². The van der Waals surface area contributed by atoms with Crippen LogP contribution in [-0.2, 0) is 27.5 Å². The molecule has 3 aromatic carbocycles. The molecule has 0 aromatic heterocycles. The molecule has 3 aromatic rings. The Labute approximate surface area is 181 Å². The molecule has 0 spiro atoms. The smallest absolute Gasteiger partial charge is 0.408 e. The molecule has 2 N–H and O–H groups in total. The third kappa shape index (κ3) is 5.93. The van der Waals surface area contributed by atoms with Crippen molar-refractivity contribution in [2.45, 2.75) is 31.8 Å². The van der Waals surface area contributed by atoms with Crippen molar-refractivity contribution in [3.63, 3.8) is 0 Å². The molecule has 0 unspecified atom stereocenters. The summed E-state index contributed by atoms with van der Waals surface area (Å²) in [6, 6.07) is 26.9. The number of ether oxygens (including phenoxy) is 2. The van der Waals surface area contributed by atoms with Gasteiger partial charge in [-0.1, -0.05) is 91.0 Å². The SMILES string of the molecule is C[C@@](NC(=O)OCc1ccccc1)(C(=O)OCc1ccccc1)[C@H](O)c1ccccc1. The van der Waals surface area contributed by atoms with E-state index in [4.69, 9.17) is 9.47 Å². The van der Waals surface area contributed by atoms with E-state index in [-0.39, 0.29) is 13.2 Å². The topological polar surface area (TPSA) is 84.9 Å². The molecular weight excluding hydrogens is 394 g/mol. The summed E-state index contributed by atoms with van der Waals surface area (Å²) in [5, 5.41) is 13.5. The third-order valence-corrected chi connectivity index (χ3v) is 4.87. The lowest BCUT2D eigenvalue weighted by Crippen LogP contribution is -2.57. The molecule has 0 radical (unpaired) electrons. The van der Waals surface area contributed by atoms with E-state index in [9.17, 15) is 14.7 Å². The first kappa shape index (κ1) is 22.1. The van der Waals surface area contributed by atoms with E-state index < -0.39 is 23.7 Å². The fraction of sp³-hybridized carbons (Fsp3) is 0.200. The average molecular weight is 419 g/mol. The second-order valence-electron chi connectivity index (χ2n) is 7.26. The van der Waals surface area contributed by atoms with Crippen molar-refractivity contribution >= 4 is 12.1 Å². The van der Waals surface area contributed by atoms with Crippen LogP contribution in [0.25, 0.3) is 0 Å². The van der Waals surface area contributed by atoms with Gasteiger partial charge in [0.05, 0.1) is 0 Å². The van der Waals surface area contributed by atoms with Gasteiger partial charge in [-0.15, -0.1) is 0 Å². The van der Waals surface area contributed by atoms with E-state index in [1.54, 1.807) is 30.3 Å². The van der Waals surface area contributed by atoms with Gasteiger partial charge in [0, 0.05) is 0 Å². The number of esters is 1. The van der Waals surface area contributed by atoms with Gasteiger partial charge in [-0.3, -0.25) is 0 Å². The summed E-state index contributed by atoms with van der Waals surface area (Å²) < 4.78 is 10.7. The predicted molar refractivity (Wildman–Crippen MR) is 116 cm³/mol. The van der Waals surface area contributed by atoms with Crippen LogP contribution in [-0.4, -0.2) is 22.7 Å². The molecule has 0 aliphatic rings. The summed E-state index contributed by atoms with van der Waals surface area (Å²) in [4.78, 5) is 25.5. The minimum absolute atomic E-state index is 0.0114. The van der Waals surface area contributed by atoms with Crippen LogP contribution in [0.1, 0.15) is 29.7 Å². The maximum atomic E-state index is 13.0. The molecule has 1 amide bonds. The third-order valence-electron chi connectivity index (χ3n) is 4.87. The first-order valence-corrected chi connectivity index (χ1v) is 9.92.